The lowest BCUT2D eigenvalue weighted by molar-refractivity contribution is -0.155. The molecule has 0 bridgehead atoms. The SMILES string of the molecule is COC(=O)[C@@H](N)CC1C[C@H](C(F)(F)F)NC1=O. The van der Waals surface area contributed by atoms with Crippen LogP contribution in [-0.2, 0) is 14.3 Å². The van der Waals surface area contributed by atoms with Crippen LogP contribution in [0.5, 0.6) is 0 Å². The van der Waals surface area contributed by atoms with Crippen molar-refractivity contribution in [3.8, 4) is 0 Å². The Labute approximate surface area is 95.5 Å². The maximum atomic E-state index is 12.3. The lowest BCUT2D eigenvalue weighted by atomic mass is 9.96. The van der Waals surface area contributed by atoms with Crippen LogP contribution in [0.4, 0.5) is 13.2 Å². The van der Waals surface area contributed by atoms with Gasteiger partial charge in [-0.25, -0.2) is 0 Å². The number of ether oxygens (including phenoxy) is 1. The van der Waals surface area contributed by atoms with E-state index >= 15 is 0 Å². The highest BCUT2D eigenvalue weighted by Gasteiger charge is 2.48. The fraction of sp³-hybridized carbons (Fsp3) is 0.778. The molecule has 1 rings (SSSR count). The highest BCUT2D eigenvalue weighted by molar-refractivity contribution is 5.83. The predicted octanol–water partition coefficient (Wildman–Crippen LogP) is -0.0562. The number of methoxy groups -OCH3 is 1. The summed E-state index contributed by atoms with van der Waals surface area (Å²) in [6.45, 7) is 0. The van der Waals surface area contributed by atoms with E-state index in [0.717, 1.165) is 7.11 Å². The van der Waals surface area contributed by atoms with Gasteiger partial charge in [0.25, 0.3) is 0 Å². The second-order valence-electron chi connectivity index (χ2n) is 3.90. The lowest BCUT2D eigenvalue weighted by Gasteiger charge is -2.14. The average Bonchev–Trinajstić information content (AvgIpc) is 2.58. The molecule has 1 unspecified atom stereocenters. The van der Waals surface area contributed by atoms with E-state index < -0.39 is 42.5 Å². The molecule has 0 aromatic carbocycles. The van der Waals surface area contributed by atoms with Crippen LogP contribution in [0.15, 0.2) is 0 Å². The van der Waals surface area contributed by atoms with Crippen molar-refractivity contribution in [3.05, 3.63) is 0 Å². The molecule has 0 saturated carbocycles. The van der Waals surface area contributed by atoms with Crippen LogP contribution < -0.4 is 11.1 Å². The van der Waals surface area contributed by atoms with Gasteiger partial charge in [-0.3, -0.25) is 9.59 Å². The number of amides is 1. The summed E-state index contributed by atoms with van der Waals surface area (Å²) in [6.07, 6.45) is -5.02. The third kappa shape index (κ3) is 3.32. The molecule has 0 aromatic rings. The van der Waals surface area contributed by atoms with Gasteiger partial charge in [0.05, 0.1) is 7.11 Å². The maximum absolute atomic E-state index is 12.3. The molecule has 1 amide bonds. The average molecular weight is 254 g/mol. The molecule has 17 heavy (non-hydrogen) atoms. The second kappa shape index (κ2) is 4.91. The van der Waals surface area contributed by atoms with Gasteiger partial charge in [-0.15, -0.1) is 0 Å². The standard InChI is InChI=1S/C9H13F3N2O3/c1-17-8(16)5(13)2-4-3-6(9(10,11)12)14-7(4)15/h4-6H,2-3,13H2,1H3,(H,14,15)/t4?,5-,6+/m0/s1. The van der Waals surface area contributed by atoms with Gasteiger partial charge in [0.1, 0.15) is 12.1 Å². The molecule has 5 nitrogen and oxygen atoms in total. The van der Waals surface area contributed by atoms with E-state index in [0.29, 0.717) is 0 Å². The van der Waals surface area contributed by atoms with E-state index in [1.165, 1.54) is 0 Å². The summed E-state index contributed by atoms with van der Waals surface area (Å²) < 4.78 is 41.3. The zero-order chi connectivity index (χ0) is 13.2. The largest absolute Gasteiger partial charge is 0.468 e. The third-order valence-corrected chi connectivity index (χ3v) is 2.65. The molecule has 1 fully saturated rings. The quantitative estimate of drug-likeness (QED) is 0.691. The number of carbonyl (C=O) groups is 2. The Morgan fingerprint density at radius 2 is 2.24 bits per heavy atom. The lowest BCUT2D eigenvalue weighted by Crippen LogP contribution is -2.39. The van der Waals surface area contributed by atoms with Crippen molar-refractivity contribution in [2.45, 2.75) is 31.1 Å². The highest BCUT2D eigenvalue weighted by Crippen LogP contribution is 2.31. The van der Waals surface area contributed by atoms with E-state index in [9.17, 15) is 22.8 Å². The first-order chi connectivity index (χ1) is 7.75. The molecule has 1 saturated heterocycles. The first-order valence-corrected chi connectivity index (χ1v) is 4.96. The van der Waals surface area contributed by atoms with E-state index in [1.54, 1.807) is 0 Å². The molecule has 1 aliphatic heterocycles. The van der Waals surface area contributed by atoms with Gasteiger partial charge in [0.2, 0.25) is 5.91 Å². The highest BCUT2D eigenvalue weighted by atomic mass is 19.4. The molecule has 0 spiro atoms. The number of nitrogens with one attached hydrogen (secondary N) is 1. The minimum Gasteiger partial charge on any atom is -0.468 e. The van der Waals surface area contributed by atoms with Crippen molar-refractivity contribution in [1.29, 1.82) is 0 Å². The molecule has 8 heteroatoms. The van der Waals surface area contributed by atoms with Gasteiger partial charge in [0.15, 0.2) is 0 Å². The topological polar surface area (TPSA) is 81.4 Å². The summed E-state index contributed by atoms with van der Waals surface area (Å²) in [5, 5.41) is 1.83. The summed E-state index contributed by atoms with van der Waals surface area (Å²) in [5.74, 6) is -2.38. The molecule has 0 radical (unpaired) electrons. The summed E-state index contributed by atoms with van der Waals surface area (Å²) in [6, 6.07) is -2.94. The number of rotatable bonds is 3. The number of halogens is 3. The van der Waals surface area contributed by atoms with Crippen molar-refractivity contribution >= 4 is 11.9 Å². The number of alkyl halides is 3. The number of hydrogen-bond donors (Lipinski definition) is 2. The Morgan fingerprint density at radius 1 is 1.65 bits per heavy atom. The maximum Gasteiger partial charge on any atom is 0.408 e. The zero-order valence-corrected chi connectivity index (χ0v) is 9.08. The molecule has 0 aliphatic carbocycles. The number of hydrogen-bond acceptors (Lipinski definition) is 4. The Morgan fingerprint density at radius 3 is 2.65 bits per heavy atom. The van der Waals surface area contributed by atoms with Crippen molar-refractivity contribution in [2.75, 3.05) is 7.11 Å². The third-order valence-electron chi connectivity index (χ3n) is 2.65. The fourth-order valence-corrected chi connectivity index (χ4v) is 1.71. The number of carbonyl (C=O) groups excluding carboxylic acids is 2. The van der Waals surface area contributed by atoms with Crippen molar-refractivity contribution < 1.29 is 27.5 Å². The second-order valence-corrected chi connectivity index (χ2v) is 3.90. The monoisotopic (exact) mass is 254 g/mol. The summed E-state index contributed by atoms with van der Waals surface area (Å²) in [5.41, 5.74) is 5.39. The van der Waals surface area contributed by atoms with Gasteiger partial charge >= 0.3 is 12.1 Å². The van der Waals surface area contributed by atoms with Crippen molar-refractivity contribution in [1.82, 2.24) is 5.32 Å². The van der Waals surface area contributed by atoms with Crippen LogP contribution in [0, 0.1) is 5.92 Å². The van der Waals surface area contributed by atoms with Gasteiger partial charge in [-0.2, -0.15) is 13.2 Å². The first-order valence-electron chi connectivity index (χ1n) is 4.96. The molecular formula is C9H13F3N2O3. The molecule has 3 N–H and O–H groups in total. The Hall–Kier alpha value is -1.31. The normalized spacial score (nSPS) is 26.5. The summed E-state index contributed by atoms with van der Waals surface area (Å²) in [4.78, 5) is 22.2. The van der Waals surface area contributed by atoms with Gasteiger partial charge < -0.3 is 15.8 Å². The van der Waals surface area contributed by atoms with Gasteiger partial charge in [-0.05, 0) is 12.8 Å². The first kappa shape index (κ1) is 13.8. The molecular weight excluding hydrogens is 241 g/mol. The molecule has 1 heterocycles. The van der Waals surface area contributed by atoms with E-state index in [-0.39, 0.29) is 6.42 Å². The van der Waals surface area contributed by atoms with Crippen LogP contribution in [-0.4, -0.2) is 37.2 Å². The van der Waals surface area contributed by atoms with Crippen LogP contribution in [0.1, 0.15) is 12.8 Å². The van der Waals surface area contributed by atoms with Crippen molar-refractivity contribution in [2.24, 2.45) is 11.7 Å². The van der Waals surface area contributed by atoms with Gasteiger partial charge in [-0.1, -0.05) is 0 Å². The van der Waals surface area contributed by atoms with E-state index in [1.807, 2.05) is 5.32 Å². The minimum absolute atomic E-state index is 0.148. The Kier molecular flexibility index (Phi) is 3.97. The summed E-state index contributed by atoms with van der Waals surface area (Å²) in [7, 11) is 1.12. The smallest absolute Gasteiger partial charge is 0.408 e. The van der Waals surface area contributed by atoms with Crippen LogP contribution in [0.25, 0.3) is 0 Å². The molecule has 1 aliphatic rings. The molecule has 0 aromatic heterocycles. The summed E-state index contributed by atoms with van der Waals surface area (Å²) >= 11 is 0. The Balaban J connectivity index is 2.57. The zero-order valence-electron chi connectivity index (χ0n) is 9.08. The minimum atomic E-state index is -4.47. The van der Waals surface area contributed by atoms with E-state index in [2.05, 4.69) is 4.74 Å². The number of esters is 1. The van der Waals surface area contributed by atoms with Crippen LogP contribution in [0.2, 0.25) is 0 Å². The fourth-order valence-electron chi connectivity index (χ4n) is 1.71. The predicted molar refractivity (Wildman–Crippen MR) is 50.7 cm³/mol. The van der Waals surface area contributed by atoms with E-state index in [4.69, 9.17) is 5.73 Å². The van der Waals surface area contributed by atoms with Crippen LogP contribution >= 0.6 is 0 Å². The molecule has 98 valence electrons. The van der Waals surface area contributed by atoms with Gasteiger partial charge in [0, 0.05) is 5.92 Å². The van der Waals surface area contributed by atoms with Crippen LogP contribution in [0.3, 0.4) is 0 Å². The number of nitrogens with two attached hydrogens (primary N) is 1. The molecule has 3 atom stereocenters. The Bertz CT molecular complexity index is 319. The van der Waals surface area contributed by atoms with Crippen molar-refractivity contribution in [3.63, 3.8) is 0 Å².